The molecular weight excluding hydrogens is 376 g/mol. The molecule has 7 N–H and O–H groups in total. The molecule has 0 saturated carbocycles. The summed E-state index contributed by atoms with van der Waals surface area (Å²) in [6.07, 6.45) is 4.84. The van der Waals surface area contributed by atoms with Gasteiger partial charge in [0.25, 0.3) is 0 Å². The highest BCUT2D eigenvalue weighted by Crippen LogP contribution is 2.24. The van der Waals surface area contributed by atoms with E-state index in [-0.39, 0.29) is 29.8 Å². The quantitative estimate of drug-likeness (QED) is 0.227. The number of carbonyl (C=O) groups excluding carboxylic acids is 2. The normalized spacial score (nSPS) is 28.2. The molecule has 11 nitrogen and oxygen atoms in total. The van der Waals surface area contributed by atoms with Crippen LogP contribution in [0.4, 0.5) is 0 Å². The van der Waals surface area contributed by atoms with Gasteiger partial charge < -0.3 is 36.2 Å². The SMILES string of the molecule is COC(=O)[C@@H]1C=C[C@H](N)C1.O=C(O)[C@H](O)[C@@H](O)C(=O)O.O=C1NC2C=CC1C2. The van der Waals surface area contributed by atoms with Crippen LogP contribution < -0.4 is 11.1 Å². The number of aliphatic hydroxyl groups is 2. The summed E-state index contributed by atoms with van der Waals surface area (Å²) in [6.45, 7) is 0. The number of ether oxygens (including phenoxy) is 1. The molecule has 156 valence electrons. The van der Waals surface area contributed by atoms with Crippen molar-refractivity contribution >= 4 is 23.8 Å². The van der Waals surface area contributed by atoms with Gasteiger partial charge in [0.15, 0.2) is 12.2 Å². The molecule has 2 aliphatic carbocycles. The van der Waals surface area contributed by atoms with Gasteiger partial charge in [0.2, 0.25) is 5.91 Å². The third kappa shape index (κ3) is 6.76. The topological polar surface area (TPSA) is 196 Å². The van der Waals surface area contributed by atoms with E-state index in [0.717, 1.165) is 6.42 Å². The monoisotopic (exact) mass is 400 g/mol. The van der Waals surface area contributed by atoms with Gasteiger partial charge in [0, 0.05) is 12.1 Å². The molecule has 1 aliphatic heterocycles. The van der Waals surface area contributed by atoms with Crippen molar-refractivity contribution in [2.45, 2.75) is 37.1 Å². The highest BCUT2D eigenvalue weighted by atomic mass is 16.5. The van der Waals surface area contributed by atoms with Gasteiger partial charge in [-0.1, -0.05) is 24.3 Å². The van der Waals surface area contributed by atoms with Crippen LogP contribution in [0, 0.1) is 11.8 Å². The van der Waals surface area contributed by atoms with Crippen molar-refractivity contribution in [1.29, 1.82) is 0 Å². The first-order chi connectivity index (χ1) is 13.1. The standard InChI is InChI=1S/C7H11NO2.C6H7NO.C4H6O6/c1-10-7(9)5-2-3-6(8)4-5;8-6-4-1-2-5(3-4)7-6;5-1(3(7)8)2(6)4(9)10/h2-3,5-6H,4,8H2,1H3;1-2,4-5H,3H2,(H,7,8);1-2,5-6H,(H,7,8)(H,9,10)/t5-,6+;;1-,2-/m1.1/s1. The van der Waals surface area contributed by atoms with Crippen molar-refractivity contribution in [2.75, 3.05) is 7.11 Å². The summed E-state index contributed by atoms with van der Waals surface area (Å²) in [6, 6.07) is 0.400. The third-order valence-electron chi connectivity index (χ3n) is 4.17. The average Bonchev–Trinajstić information content (AvgIpc) is 3.37. The van der Waals surface area contributed by atoms with E-state index in [0.29, 0.717) is 12.5 Å². The second-order valence-electron chi connectivity index (χ2n) is 6.32. The highest BCUT2D eigenvalue weighted by molar-refractivity contribution is 5.85. The first-order valence-corrected chi connectivity index (χ1v) is 8.39. The maximum absolute atomic E-state index is 10.8. The second kappa shape index (κ2) is 10.5. The molecule has 1 fully saturated rings. The first-order valence-electron chi connectivity index (χ1n) is 8.39. The number of aliphatic carboxylic acids is 2. The summed E-state index contributed by atoms with van der Waals surface area (Å²) in [5.74, 6) is -3.42. The number of carbonyl (C=O) groups is 4. The maximum Gasteiger partial charge on any atom is 0.335 e. The van der Waals surface area contributed by atoms with E-state index >= 15 is 0 Å². The van der Waals surface area contributed by atoms with Crippen molar-refractivity contribution in [1.82, 2.24) is 5.32 Å². The van der Waals surface area contributed by atoms with Crippen LogP contribution in [0.2, 0.25) is 0 Å². The van der Waals surface area contributed by atoms with Gasteiger partial charge in [-0.15, -0.1) is 0 Å². The number of hydrogen-bond donors (Lipinski definition) is 6. The molecule has 0 aromatic rings. The molecule has 28 heavy (non-hydrogen) atoms. The number of carboxylic acids is 2. The van der Waals surface area contributed by atoms with Crippen molar-refractivity contribution < 1.29 is 44.3 Å². The van der Waals surface area contributed by atoms with E-state index in [4.69, 9.17) is 26.2 Å². The van der Waals surface area contributed by atoms with E-state index in [2.05, 4.69) is 16.1 Å². The summed E-state index contributed by atoms with van der Waals surface area (Å²) in [7, 11) is 1.39. The second-order valence-corrected chi connectivity index (χ2v) is 6.32. The smallest absolute Gasteiger partial charge is 0.335 e. The number of amides is 1. The zero-order chi connectivity index (χ0) is 21.4. The van der Waals surface area contributed by atoms with Crippen LogP contribution in [0.1, 0.15) is 12.8 Å². The van der Waals surface area contributed by atoms with Crippen molar-refractivity contribution in [3.63, 3.8) is 0 Å². The van der Waals surface area contributed by atoms with Crippen molar-refractivity contribution in [3.05, 3.63) is 24.3 Å². The number of esters is 1. The maximum atomic E-state index is 10.8. The fraction of sp³-hybridized carbons (Fsp3) is 0.529. The van der Waals surface area contributed by atoms with Gasteiger partial charge in [-0.05, 0) is 12.8 Å². The number of carboxylic acid groups (broad SMARTS) is 2. The summed E-state index contributed by atoms with van der Waals surface area (Å²) >= 11 is 0. The van der Waals surface area contributed by atoms with E-state index in [1.807, 2.05) is 12.2 Å². The number of fused-ring (bicyclic) bond motifs is 2. The first kappa shape index (κ1) is 23.3. The van der Waals surface area contributed by atoms with E-state index in [1.54, 1.807) is 6.08 Å². The molecule has 0 spiro atoms. The largest absolute Gasteiger partial charge is 0.479 e. The molecule has 2 bridgehead atoms. The Morgan fingerprint density at radius 2 is 1.64 bits per heavy atom. The lowest BCUT2D eigenvalue weighted by molar-refractivity contribution is -0.165. The molecular formula is C17H24N2O9. The van der Waals surface area contributed by atoms with Gasteiger partial charge in [-0.3, -0.25) is 9.59 Å². The fourth-order valence-corrected chi connectivity index (χ4v) is 2.61. The summed E-state index contributed by atoms with van der Waals surface area (Å²) in [5, 5.41) is 35.4. The Balaban J connectivity index is 0.000000211. The van der Waals surface area contributed by atoms with Crippen LogP contribution in [0.3, 0.4) is 0 Å². The lowest BCUT2D eigenvalue weighted by Crippen LogP contribution is -2.39. The molecule has 3 aliphatic rings. The van der Waals surface area contributed by atoms with Gasteiger partial charge >= 0.3 is 17.9 Å². The summed E-state index contributed by atoms with van der Waals surface area (Å²) in [4.78, 5) is 41.0. The van der Waals surface area contributed by atoms with E-state index < -0.39 is 24.1 Å². The molecule has 0 radical (unpaired) electrons. The Labute approximate surface area is 160 Å². The van der Waals surface area contributed by atoms with Crippen LogP contribution in [0.5, 0.6) is 0 Å². The predicted octanol–water partition coefficient (Wildman–Crippen LogP) is -2.00. The molecule has 0 aromatic carbocycles. The van der Waals surface area contributed by atoms with Crippen molar-refractivity contribution in [3.8, 4) is 0 Å². The summed E-state index contributed by atoms with van der Waals surface area (Å²) < 4.78 is 4.54. The van der Waals surface area contributed by atoms with Crippen LogP contribution in [-0.2, 0) is 23.9 Å². The minimum absolute atomic E-state index is 0.0316. The molecule has 6 atom stereocenters. The Morgan fingerprint density at radius 3 is 1.89 bits per heavy atom. The zero-order valence-corrected chi connectivity index (χ0v) is 15.1. The Bertz CT molecular complexity index is 643. The number of hydrogen-bond acceptors (Lipinski definition) is 8. The van der Waals surface area contributed by atoms with Crippen molar-refractivity contribution in [2.24, 2.45) is 17.6 Å². The Morgan fingerprint density at radius 1 is 1.07 bits per heavy atom. The average molecular weight is 400 g/mol. The molecule has 3 rings (SSSR count). The molecule has 11 heteroatoms. The molecule has 1 saturated heterocycles. The number of aliphatic hydroxyl groups excluding tert-OH is 2. The van der Waals surface area contributed by atoms with Crippen LogP contribution in [0.15, 0.2) is 24.3 Å². The Hall–Kier alpha value is -2.76. The molecule has 1 amide bonds. The number of rotatable bonds is 4. The van der Waals surface area contributed by atoms with E-state index in [9.17, 15) is 19.2 Å². The minimum atomic E-state index is -2.27. The van der Waals surface area contributed by atoms with Gasteiger partial charge in [-0.25, -0.2) is 9.59 Å². The van der Waals surface area contributed by atoms with Gasteiger partial charge in [-0.2, -0.15) is 0 Å². The van der Waals surface area contributed by atoms with Crippen LogP contribution in [-0.4, -0.2) is 75.6 Å². The van der Waals surface area contributed by atoms with E-state index in [1.165, 1.54) is 7.11 Å². The molecule has 2 unspecified atom stereocenters. The fourth-order valence-electron chi connectivity index (χ4n) is 2.61. The number of nitrogens with two attached hydrogens (primary N) is 1. The number of nitrogens with one attached hydrogen (secondary N) is 1. The van der Waals surface area contributed by atoms with Gasteiger partial charge in [0.1, 0.15) is 0 Å². The number of methoxy groups -OCH3 is 1. The highest BCUT2D eigenvalue weighted by Gasteiger charge is 2.32. The predicted molar refractivity (Wildman–Crippen MR) is 93.7 cm³/mol. The van der Waals surface area contributed by atoms with Crippen LogP contribution in [0.25, 0.3) is 0 Å². The zero-order valence-electron chi connectivity index (χ0n) is 15.1. The third-order valence-corrected chi connectivity index (χ3v) is 4.17. The van der Waals surface area contributed by atoms with Crippen LogP contribution >= 0.6 is 0 Å². The minimum Gasteiger partial charge on any atom is -0.479 e. The lowest BCUT2D eigenvalue weighted by atomic mass is 10.1. The van der Waals surface area contributed by atoms with Gasteiger partial charge in [0.05, 0.1) is 18.9 Å². The lowest BCUT2D eigenvalue weighted by Gasteiger charge is -2.07. The molecule has 1 heterocycles. The molecule has 0 aromatic heterocycles. The summed E-state index contributed by atoms with van der Waals surface area (Å²) in [5.41, 5.74) is 5.52. The Kier molecular flexibility index (Phi) is 8.76.